The van der Waals surface area contributed by atoms with E-state index in [1.165, 1.54) is 6.07 Å². The highest BCUT2D eigenvalue weighted by Gasteiger charge is 2.18. The monoisotopic (exact) mass is 301 g/mol. The van der Waals surface area contributed by atoms with Gasteiger partial charge in [-0.2, -0.15) is 0 Å². The molecule has 0 saturated carbocycles. The molecule has 0 bridgehead atoms. The van der Waals surface area contributed by atoms with Crippen LogP contribution in [0.1, 0.15) is 26.7 Å². The van der Waals surface area contributed by atoms with E-state index in [0.29, 0.717) is 19.0 Å². The Morgan fingerprint density at radius 2 is 1.95 bits per heavy atom. The highest BCUT2D eigenvalue weighted by molar-refractivity contribution is 7.91. The quantitative estimate of drug-likeness (QED) is 0.559. The van der Waals surface area contributed by atoms with Crippen molar-refractivity contribution < 1.29 is 17.9 Å². The van der Waals surface area contributed by atoms with Crippen molar-refractivity contribution >= 4 is 15.5 Å². The number of unbranched alkanes of at least 4 members (excludes halogenated alkanes) is 1. The van der Waals surface area contributed by atoms with Gasteiger partial charge in [0.25, 0.3) is 0 Å². The van der Waals surface area contributed by atoms with Crippen LogP contribution < -0.4 is 10.5 Å². The Balaban J connectivity index is 2.73. The molecule has 0 aliphatic carbocycles. The third kappa shape index (κ3) is 5.02. The van der Waals surface area contributed by atoms with E-state index < -0.39 is 9.84 Å². The van der Waals surface area contributed by atoms with Gasteiger partial charge in [0, 0.05) is 12.7 Å². The van der Waals surface area contributed by atoms with Crippen LogP contribution in [0.5, 0.6) is 5.75 Å². The first-order valence-corrected chi connectivity index (χ1v) is 8.49. The van der Waals surface area contributed by atoms with Crippen LogP contribution >= 0.6 is 0 Å². The van der Waals surface area contributed by atoms with Crippen LogP contribution in [0, 0.1) is 0 Å². The largest absolute Gasteiger partial charge is 0.494 e. The summed E-state index contributed by atoms with van der Waals surface area (Å²) in [5, 5.41) is 0. The van der Waals surface area contributed by atoms with Crippen LogP contribution in [0.25, 0.3) is 0 Å². The maximum absolute atomic E-state index is 12.2. The van der Waals surface area contributed by atoms with Gasteiger partial charge in [-0.15, -0.1) is 0 Å². The van der Waals surface area contributed by atoms with Gasteiger partial charge < -0.3 is 15.2 Å². The molecule has 1 aromatic carbocycles. The minimum atomic E-state index is -3.45. The number of ether oxygens (including phenoxy) is 2. The molecule has 6 heteroatoms. The molecule has 0 saturated heterocycles. The highest BCUT2D eigenvalue weighted by atomic mass is 32.2. The van der Waals surface area contributed by atoms with E-state index in [-0.39, 0.29) is 22.9 Å². The molecule has 0 radical (unpaired) electrons. The van der Waals surface area contributed by atoms with Crippen LogP contribution in [0.2, 0.25) is 0 Å². The molecule has 0 fully saturated rings. The normalized spacial score (nSPS) is 11.5. The predicted molar refractivity (Wildman–Crippen MR) is 79.8 cm³/mol. The SMILES string of the molecule is CCCCOCCS(=O)(=O)c1cc(OCC)ccc1N. The molecule has 0 aromatic heterocycles. The fraction of sp³-hybridized carbons (Fsp3) is 0.571. The van der Waals surface area contributed by atoms with Crippen LogP contribution in [0.3, 0.4) is 0 Å². The topological polar surface area (TPSA) is 78.6 Å². The number of nitrogens with two attached hydrogens (primary N) is 1. The standard InChI is InChI=1S/C14H23NO4S/c1-3-5-8-18-9-10-20(16,17)14-11-12(19-4-2)6-7-13(14)15/h6-7,11H,3-5,8-10,15H2,1-2H3. The molecule has 0 aliphatic heterocycles. The number of anilines is 1. The number of hydrogen-bond donors (Lipinski definition) is 1. The molecule has 0 heterocycles. The number of sulfone groups is 1. The zero-order chi connectivity index (χ0) is 15.0. The molecular weight excluding hydrogens is 278 g/mol. The van der Waals surface area contributed by atoms with Gasteiger partial charge in [-0.05, 0) is 25.5 Å². The molecule has 20 heavy (non-hydrogen) atoms. The zero-order valence-electron chi connectivity index (χ0n) is 12.1. The van der Waals surface area contributed by atoms with Gasteiger partial charge >= 0.3 is 0 Å². The van der Waals surface area contributed by atoms with E-state index in [0.717, 1.165) is 12.8 Å². The van der Waals surface area contributed by atoms with Gasteiger partial charge in [-0.3, -0.25) is 0 Å². The highest BCUT2D eigenvalue weighted by Crippen LogP contribution is 2.25. The minimum absolute atomic E-state index is 0.0729. The Morgan fingerprint density at radius 3 is 2.60 bits per heavy atom. The van der Waals surface area contributed by atoms with Crippen molar-refractivity contribution in [2.45, 2.75) is 31.6 Å². The van der Waals surface area contributed by atoms with Gasteiger partial charge in [-0.25, -0.2) is 8.42 Å². The van der Waals surface area contributed by atoms with E-state index in [9.17, 15) is 8.42 Å². The van der Waals surface area contributed by atoms with E-state index in [1.54, 1.807) is 12.1 Å². The third-order valence-corrected chi connectivity index (χ3v) is 4.50. The number of hydrogen-bond acceptors (Lipinski definition) is 5. The van der Waals surface area contributed by atoms with Crippen molar-refractivity contribution in [1.29, 1.82) is 0 Å². The first kappa shape index (κ1) is 16.8. The first-order valence-electron chi connectivity index (χ1n) is 6.84. The first-order chi connectivity index (χ1) is 9.51. The molecule has 0 atom stereocenters. The van der Waals surface area contributed by atoms with Crippen molar-refractivity contribution in [2.24, 2.45) is 0 Å². The summed E-state index contributed by atoms with van der Waals surface area (Å²) in [4.78, 5) is 0.113. The van der Waals surface area contributed by atoms with E-state index in [1.807, 2.05) is 6.92 Å². The molecule has 0 unspecified atom stereocenters. The van der Waals surface area contributed by atoms with Gasteiger partial charge in [-0.1, -0.05) is 13.3 Å². The fourth-order valence-electron chi connectivity index (χ4n) is 1.67. The van der Waals surface area contributed by atoms with Gasteiger partial charge in [0.1, 0.15) is 5.75 Å². The maximum atomic E-state index is 12.2. The van der Waals surface area contributed by atoms with Crippen molar-refractivity contribution in [3.63, 3.8) is 0 Å². The Hall–Kier alpha value is -1.27. The average Bonchev–Trinajstić information content (AvgIpc) is 2.41. The Morgan fingerprint density at radius 1 is 1.20 bits per heavy atom. The minimum Gasteiger partial charge on any atom is -0.494 e. The van der Waals surface area contributed by atoms with Crippen molar-refractivity contribution in [2.75, 3.05) is 31.3 Å². The summed E-state index contributed by atoms with van der Waals surface area (Å²) in [6, 6.07) is 4.69. The third-order valence-electron chi connectivity index (χ3n) is 2.77. The second-order valence-electron chi connectivity index (χ2n) is 4.42. The molecule has 114 valence electrons. The summed E-state index contributed by atoms with van der Waals surface area (Å²) in [7, 11) is -3.45. The predicted octanol–water partition coefficient (Wildman–Crippen LogP) is 2.26. The number of rotatable bonds is 9. The lowest BCUT2D eigenvalue weighted by Gasteiger charge is -2.10. The second kappa shape index (κ2) is 8.11. The van der Waals surface area contributed by atoms with E-state index in [2.05, 4.69) is 6.92 Å². The van der Waals surface area contributed by atoms with Gasteiger partial charge in [0.2, 0.25) is 0 Å². The summed E-state index contributed by atoms with van der Waals surface area (Å²) in [5.74, 6) is 0.434. The number of benzene rings is 1. The lowest BCUT2D eigenvalue weighted by atomic mass is 10.3. The van der Waals surface area contributed by atoms with Crippen molar-refractivity contribution in [3.05, 3.63) is 18.2 Å². The van der Waals surface area contributed by atoms with E-state index in [4.69, 9.17) is 15.2 Å². The zero-order valence-corrected chi connectivity index (χ0v) is 12.9. The molecule has 0 spiro atoms. The summed E-state index contributed by atoms with van der Waals surface area (Å²) >= 11 is 0. The average molecular weight is 301 g/mol. The van der Waals surface area contributed by atoms with Crippen molar-refractivity contribution in [3.8, 4) is 5.75 Å². The summed E-state index contributed by atoms with van der Waals surface area (Å²) in [6.07, 6.45) is 1.96. The summed E-state index contributed by atoms with van der Waals surface area (Å²) in [6.45, 7) is 5.14. The second-order valence-corrected chi connectivity index (χ2v) is 6.50. The molecule has 5 nitrogen and oxygen atoms in total. The molecule has 0 amide bonds. The molecular formula is C14H23NO4S. The van der Waals surface area contributed by atoms with Crippen LogP contribution in [-0.4, -0.2) is 34.0 Å². The van der Waals surface area contributed by atoms with E-state index >= 15 is 0 Å². The van der Waals surface area contributed by atoms with Crippen LogP contribution in [0.15, 0.2) is 23.1 Å². The lowest BCUT2D eigenvalue weighted by Crippen LogP contribution is -2.14. The van der Waals surface area contributed by atoms with Gasteiger partial charge in [0.15, 0.2) is 9.84 Å². The molecule has 1 aromatic rings. The lowest BCUT2D eigenvalue weighted by molar-refractivity contribution is 0.146. The Kier molecular flexibility index (Phi) is 6.81. The van der Waals surface area contributed by atoms with Gasteiger partial charge in [0.05, 0.1) is 29.5 Å². The number of nitrogen functional groups attached to an aromatic ring is 1. The molecule has 0 aliphatic rings. The smallest absolute Gasteiger partial charge is 0.182 e. The fourth-order valence-corrected chi connectivity index (χ4v) is 2.95. The van der Waals surface area contributed by atoms with Crippen LogP contribution in [-0.2, 0) is 14.6 Å². The maximum Gasteiger partial charge on any atom is 0.182 e. The molecule has 2 N–H and O–H groups in total. The molecule has 1 rings (SSSR count). The van der Waals surface area contributed by atoms with Crippen molar-refractivity contribution in [1.82, 2.24) is 0 Å². The Labute approximate surface area is 121 Å². The summed E-state index contributed by atoms with van der Waals surface area (Å²) in [5.41, 5.74) is 5.99. The Bertz CT molecular complexity index is 514. The van der Waals surface area contributed by atoms with Crippen LogP contribution in [0.4, 0.5) is 5.69 Å². The summed E-state index contributed by atoms with van der Waals surface area (Å²) < 4.78 is 35.1.